The molecule has 4 rings (SSSR count). The van der Waals surface area contributed by atoms with Crippen LogP contribution in [-0.4, -0.2) is 24.0 Å². The van der Waals surface area contributed by atoms with Gasteiger partial charge in [0.1, 0.15) is 0 Å². The molecule has 2 atom stereocenters. The van der Waals surface area contributed by atoms with Gasteiger partial charge in [-0.25, -0.2) is 8.42 Å². The Morgan fingerprint density at radius 1 is 0.870 bits per heavy atom. The second-order valence-corrected chi connectivity index (χ2v) is 9.27. The van der Waals surface area contributed by atoms with Crippen LogP contribution in [0.2, 0.25) is 0 Å². The van der Waals surface area contributed by atoms with Crippen LogP contribution >= 0.6 is 0 Å². The second kappa shape index (κ2) is 5.18. The van der Waals surface area contributed by atoms with E-state index in [9.17, 15) is 13.5 Å². The van der Waals surface area contributed by atoms with Crippen LogP contribution in [0.4, 0.5) is 0 Å². The normalized spacial score (nSPS) is 31.9. The highest BCUT2D eigenvalue weighted by Gasteiger charge is 2.53. The lowest BCUT2D eigenvalue weighted by molar-refractivity contribution is 0.0179. The van der Waals surface area contributed by atoms with Crippen LogP contribution in [0.5, 0.6) is 0 Å². The van der Waals surface area contributed by atoms with E-state index >= 15 is 0 Å². The topological polar surface area (TPSA) is 54.4 Å². The van der Waals surface area contributed by atoms with E-state index in [-0.39, 0.29) is 0 Å². The molecule has 3 nitrogen and oxygen atoms in total. The summed E-state index contributed by atoms with van der Waals surface area (Å²) in [6, 6.07) is 17.8. The molecule has 2 aliphatic heterocycles. The van der Waals surface area contributed by atoms with Crippen molar-refractivity contribution in [1.82, 2.24) is 0 Å². The molecule has 2 heterocycles. The van der Waals surface area contributed by atoms with E-state index in [1.807, 2.05) is 54.6 Å². The molecule has 0 aromatic heterocycles. The SMILES string of the molecule is O=S1(=O)C2CCC1CC(O)(c1ccccc1-c1ccccc1)C2. The number of sulfone groups is 1. The van der Waals surface area contributed by atoms with Gasteiger partial charge >= 0.3 is 0 Å². The Morgan fingerprint density at radius 2 is 1.43 bits per heavy atom. The van der Waals surface area contributed by atoms with Crippen molar-refractivity contribution in [1.29, 1.82) is 0 Å². The molecule has 2 aromatic rings. The maximum Gasteiger partial charge on any atom is 0.156 e. The predicted molar refractivity (Wildman–Crippen MR) is 90.7 cm³/mol. The first-order valence-corrected chi connectivity index (χ1v) is 9.72. The molecular weight excluding hydrogens is 308 g/mol. The van der Waals surface area contributed by atoms with Gasteiger partial charge in [0.05, 0.1) is 16.1 Å². The molecule has 2 bridgehead atoms. The minimum atomic E-state index is -3.05. The fourth-order valence-electron chi connectivity index (χ4n) is 4.22. The van der Waals surface area contributed by atoms with Crippen LogP contribution in [0.3, 0.4) is 0 Å². The Bertz CT molecular complexity index is 807. The smallest absolute Gasteiger partial charge is 0.156 e. The predicted octanol–water partition coefficient (Wildman–Crippen LogP) is 3.28. The molecule has 1 N–H and O–H groups in total. The highest BCUT2D eigenvalue weighted by Crippen LogP contribution is 2.49. The summed E-state index contributed by atoms with van der Waals surface area (Å²) in [5, 5.41) is 10.5. The Hall–Kier alpha value is -1.65. The van der Waals surface area contributed by atoms with Crippen LogP contribution in [0, 0.1) is 0 Å². The van der Waals surface area contributed by atoms with Crippen LogP contribution in [-0.2, 0) is 15.4 Å². The summed E-state index contributed by atoms with van der Waals surface area (Å²) >= 11 is 0. The summed E-state index contributed by atoms with van der Waals surface area (Å²) < 4.78 is 24.7. The van der Waals surface area contributed by atoms with E-state index in [4.69, 9.17) is 0 Å². The molecule has 120 valence electrons. The van der Waals surface area contributed by atoms with Crippen molar-refractivity contribution in [3.8, 4) is 11.1 Å². The van der Waals surface area contributed by atoms with Crippen molar-refractivity contribution in [2.45, 2.75) is 41.8 Å². The van der Waals surface area contributed by atoms with Gasteiger partial charge in [0, 0.05) is 0 Å². The molecule has 2 saturated heterocycles. The summed E-state index contributed by atoms with van der Waals surface area (Å²) in [6.45, 7) is 0. The molecule has 2 unspecified atom stereocenters. The van der Waals surface area contributed by atoms with E-state index in [0.29, 0.717) is 25.7 Å². The highest BCUT2D eigenvalue weighted by atomic mass is 32.2. The number of benzene rings is 2. The quantitative estimate of drug-likeness (QED) is 0.920. The number of hydrogen-bond acceptors (Lipinski definition) is 3. The Kier molecular flexibility index (Phi) is 3.36. The lowest BCUT2D eigenvalue weighted by atomic mass is 9.81. The van der Waals surface area contributed by atoms with Gasteiger partial charge in [-0.1, -0.05) is 54.6 Å². The average Bonchev–Trinajstić information content (AvgIpc) is 2.74. The van der Waals surface area contributed by atoms with Crippen LogP contribution in [0.25, 0.3) is 11.1 Å². The van der Waals surface area contributed by atoms with Crippen molar-refractivity contribution in [3.05, 3.63) is 60.2 Å². The highest BCUT2D eigenvalue weighted by molar-refractivity contribution is 7.93. The number of aliphatic hydroxyl groups is 1. The molecule has 2 fully saturated rings. The third-order valence-corrected chi connectivity index (χ3v) is 8.05. The summed E-state index contributed by atoms with van der Waals surface area (Å²) in [5.41, 5.74) is 1.86. The zero-order valence-electron chi connectivity index (χ0n) is 12.9. The van der Waals surface area contributed by atoms with Gasteiger partial charge in [-0.15, -0.1) is 0 Å². The third-order valence-electron chi connectivity index (χ3n) is 5.38. The van der Waals surface area contributed by atoms with E-state index in [0.717, 1.165) is 16.7 Å². The van der Waals surface area contributed by atoms with Crippen molar-refractivity contribution in [2.75, 3.05) is 0 Å². The van der Waals surface area contributed by atoms with E-state index in [1.54, 1.807) is 0 Å². The molecule has 0 aliphatic carbocycles. The molecular formula is C19H20O3S. The summed E-state index contributed by atoms with van der Waals surface area (Å²) in [4.78, 5) is 0. The first-order chi connectivity index (χ1) is 11.0. The zero-order chi connectivity index (χ0) is 16.1. The van der Waals surface area contributed by atoms with E-state index in [2.05, 4.69) is 0 Å². The summed E-state index contributed by atoms with van der Waals surface area (Å²) in [7, 11) is -3.05. The Morgan fingerprint density at radius 3 is 2.09 bits per heavy atom. The average molecular weight is 328 g/mol. The van der Waals surface area contributed by atoms with Crippen molar-refractivity contribution < 1.29 is 13.5 Å². The molecule has 2 aliphatic rings. The number of rotatable bonds is 2. The number of hydrogen-bond donors (Lipinski definition) is 1. The van der Waals surface area contributed by atoms with Gasteiger partial charge < -0.3 is 5.11 Å². The third kappa shape index (κ3) is 2.32. The van der Waals surface area contributed by atoms with Crippen LogP contribution < -0.4 is 0 Å². The second-order valence-electron chi connectivity index (χ2n) is 6.76. The van der Waals surface area contributed by atoms with Gasteiger partial charge in [-0.05, 0) is 42.4 Å². The molecule has 0 amide bonds. The minimum absolute atomic E-state index is 0.315. The lowest BCUT2D eigenvalue weighted by Gasteiger charge is -2.37. The Balaban J connectivity index is 1.80. The molecule has 4 heteroatoms. The standard InChI is InChI=1S/C19H20O3S/c20-19(12-15-10-11-16(13-19)23(15,21)22)18-9-5-4-8-17(18)14-6-2-1-3-7-14/h1-9,15-16,20H,10-13H2. The maximum atomic E-state index is 12.3. The van der Waals surface area contributed by atoms with E-state index in [1.165, 1.54) is 0 Å². The molecule has 0 saturated carbocycles. The monoisotopic (exact) mass is 328 g/mol. The fraction of sp³-hybridized carbons (Fsp3) is 0.368. The van der Waals surface area contributed by atoms with Crippen LogP contribution in [0.1, 0.15) is 31.2 Å². The minimum Gasteiger partial charge on any atom is -0.385 e. The molecule has 2 aromatic carbocycles. The number of fused-ring (bicyclic) bond motifs is 2. The zero-order valence-corrected chi connectivity index (χ0v) is 13.7. The fourth-order valence-corrected chi connectivity index (χ4v) is 6.71. The van der Waals surface area contributed by atoms with Crippen LogP contribution in [0.15, 0.2) is 54.6 Å². The summed E-state index contributed by atoms with van der Waals surface area (Å²) in [6.07, 6.45) is 2.00. The van der Waals surface area contributed by atoms with E-state index < -0.39 is 25.9 Å². The van der Waals surface area contributed by atoms with Gasteiger partial charge in [0.2, 0.25) is 0 Å². The lowest BCUT2D eigenvalue weighted by Crippen LogP contribution is -2.43. The molecule has 0 spiro atoms. The first-order valence-electron chi connectivity index (χ1n) is 8.11. The van der Waals surface area contributed by atoms with Crippen molar-refractivity contribution in [3.63, 3.8) is 0 Å². The van der Waals surface area contributed by atoms with Gasteiger partial charge in [0.25, 0.3) is 0 Å². The Labute approximate surface area is 136 Å². The molecule has 0 radical (unpaired) electrons. The van der Waals surface area contributed by atoms with Gasteiger partial charge in [-0.2, -0.15) is 0 Å². The van der Waals surface area contributed by atoms with Crippen molar-refractivity contribution in [2.24, 2.45) is 0 Å². The van der Waals surface area contributed by atoms with Gasteiger partial charge in [0.15, 0.2) is 9.84 Å². The first kappa shape index (κ1) is 14.9. The molecule has 23 heavy (non-hydrogen) atoms. The van der Waals surface area contributed by atoms with Crippen molar-refractivity contribution >= 4 is 9.84 Å². The largest absolute Gasteiger partial charge is 0.385 e. The summed E-state index contributed by atoms with van der Waals surface area (Å²) in [5.74, 6) is 0. The van der Waals surface area contributed by atoms with Gasteiger partial charge in [-0.3, -0.25) is 0 Å². The maximum absolute atomic E-state index is 12.3.